The average molecular weight is 330 g/mol. The molecular weight excluding hydrogens is 308 g/mol. The second-order valence-corrected chi connectivity index (χ2v) is 7.01. The molecule has 1 unspecified atom stereocenters. The van der Waals surface area contributed by atoms with Crippen LogP contribution < -0.4 is 5.73 Å². The standard InChI is InChI=1S/C18H22N2O2S/c1-20(11-16-6-3-7-22-16)10-13-4-2-5-14(8-13)15-9-17(18(19)21)23-12-15/h2,4-5,8-9,12,16H,3,6-7,10-11H2,1H3,(H2,19,21). The molecule has 0 aliphatic carbocycles. The summed E-state index contributed by atoms with van der Waals surface area (Å²) in [5.41, 5.74) is 8.76. The number of benzene rings is 1. The molecular formula is C18H22N2O2S. The number of amides is 1. The maximum absolute atomic E-state index is 11.2. The Labute approximate surface area is 140 Å². The van der Waals surface area contributed by atoms with Gasteiger partial charge in [-0.15, -0.1) is 11.3 Å². The molecule has 3 rings (SSSR count). The molecule has 122 valence electrons. The van der Waals surface area contributed by atoms with Gasteiger partial charge in [0.1, 0.15) is 0 Å². The summed E-state index contributed by atoms with van der Waals surface area (Å²) in [6.07, 6.45) is 2.71. The van der Waals surface area contributed by atoms with Crippen LogP contribution in [0.1, 0.15) is 28.1 Å². The largest absolute Gasteiger partial charge is 0.377 e. The molecule has 1 fully saturated rings. The Morgan fingerprint density at radius 3 is 2.96 bits per heavy atom. The molecule has 2 aromatic rings. The van der Waals surface area contributed by atoms with E-state index in [2.05, 4.69) is 36.2 Å². The van der Waals surface area contributed by atoms with Crippen molar-refractivity contribution in [2.45, 2.75) is 25.5 Å². The monoisotopic (exact) mass is 330 g/mol. The number of carbonyl (C=O) groups is 1. The third kappa shape index (κ3) is 4.19. The van der Waals surface area contributed by atoms with Crippen LogP contribution in [-0.2, 0) is 11.3 Å². The molecule has 0 saturated carbocycles. The van der Waals surface area contributed by atoms with Crippen molar-refractivity contribution in [3.63, 3.8) is 0 Å². The van der Waals surface area contributed by atoms with E-state index in [1.807, 2.05) is 11.4 Å². The zero-order valence-electron chi connectivity index (χ0n) is 13.3. The van der Waals surface area contributed by atoms with E-state index in [4.69, 9.17) is 10.5 Å². The molecule has 4 nitrogen and oxygen atoms in total. The zero-order valence-corrected chi connectivity index (χ0v) is 14.1. The maximum atomic E-state index is 11.2. The van der Waals surface area contributed by atoms with E-state index in [-0.39, 0.29) is 5.91 Å². The number of rotatable bonds is 6. The molecule has 2 N–H and O–H groups in total. The highest BCUT2D eigenvalue weighted by Crippen LogP contribution is 2.26. The molecule has 1 atom stereocenters. The fourth-order valence-electron chi connectivity index (χ4n) is 2.98. The number of hydrogen-bond donors (Lipinski definition) is 1. The summed E-state index contributed by atoms with van der Waals surface area (Å²) in [6.45, 7) is 2.75. The molecule has 0 spiro atoms. The van der Waals surface area contributed by atoms with E-state index in [0.29, 0.717) is 11.0 Å². The predicted molar refractivity (Wildman–Crippen MR) is 93.6 cm³/mol. The lowest BCUT2D eigenvalue weighted by Gasteiger charge is -2.20. The number of carbonyl (C=O) groups excluding carboxylic acids is 1. The van der Waals surface area contributed by atoms with Crippen LogP contribution in [-0.4, -0.2) is 37.1 Å². The van der Waals surface area contributed by atoms with Gasteiger partial charge in [0.25, 0.3) is 5.91 Å². The van der Waals surface area contributed by atoms with E-state index in [0.717, 1.165) is 37.2 Å². The first-order valence-corrected chi connectivity index (χ1v) is 8.77. The molecule has 1 aliphatic rings. The van der Waals surface area contributed by atoms with Crippen LogP contribution in [0.5, 0.6) is 0 Å². The second-order valence-electron chi connectivity index (χ2n) is 6.10. The van der Waals surface area contributed by atoms with Gasteiger partial charge < -0.3 is 10.5 Å². The molecule has 5 heteroatoms. The first kappa shape index (κ1) is 16.2. The zero-order chi connectivity index (χ0) is 16.2. The Bertz CT molecular complexity index is 677. The van der Waals surface area contributed by atoms with Gasteiger partial charge in [0.05, 0.1) is 11.0 Å². The minimum Gasteiger partial charge on any atom is -0.377 e. The molecule has 2 heterocycles. The van der Waals surface area contributed by atoms with E-state index < -0.39 is 0 Å². The summed E-state index contributed by atoms with van der Waals surface area (Å²) in [5, 5.41) is 1.98. The van der Waals surface area contributed by atoms with Crippen LogP contribution in [0.2, 0.25) is 0 Å². The lowest BCUT2D eigenvalue weighted by Crippen LogP contribution is -2.28. The highest BCUT2D eigenvalue weighted by Gasteiger charge is 2.17. The van der Waals surface area contributed by atoms with Gasteiger partial charge in [0, 0.05) is 19.7 Å². The summed E-state index contributed by atoms with van der Waals surface area (Å²) in [5.74, 6) is -0.367. The Balaban J connectivity index is 1.67. The highest BCUT2D eigenvalue weighted by atomic mass is 32.1. The van der Waals surface area contributed by atoms with Crippen molar-refractivity contribution in [3.05, 3.63) is 46.2 Å². The normalized spacial score (nSPS) is 17.7. The Morgan fingerprint density at radius 1 is 1.39 bits per heavy atom. The molecule has 1 amide bonds. The fraction of sp³-hybridized carbons (Fsp3) is 0.389. The van der Waals surface area contributed by atoms with Crippen molar-refractivity contribution in [2.75, 3.05) is 20.2 Å². The smallest absolute Gasteiger partial charge is 0.258 e. The summed E-state index contributed by atoms with van der Waals surface area (Å²) in [6, 6.07) is 10.3. The first-order chi connectivity index (χ1) is 11.1. The summed E-state index contributed by atoms with van der Waals surface area (Å²) >= 11 is 1.39. The van der Waals surface area contributed by atoms with Crippen molar-refractivity contribution in [1.82, 2.24) is 4.90 Å². The van der Waals surface area contributed by atoms with Crippen LogP contribution >= 0.6 is 11.3 Å². The maximum Gasteiger partial charge on any atom is 0.258 e. The van der Waals surface area contributed by atoms with Crippen LogP contribution in [0.3, 0.4) is 0 Å². The molecule has 1 aromatic heterocycles. The van der Waals surface area contributed by atoms with Crippen molar-refractivity contribution in [2.24, 2.45) is 5.73 Å². The number of nitrogens with zero attached hydrogens (tertiary/aromatic N) is 1. The molecule has 1 aliphatic heterocycles. The van der Waals surface area contributed by atoms with Crippen LogP contribution in [0.4, 0.5) is 0 Å². The summed E-state index contributed by atoms with van der Waals surface area (Å²) in [7, 11) is 2.13. The lowest BCUT2D eigenvalue weighted by atomic mass is 10.1. The van der Waals surface area contributed by atoms with E-state index in [1.54, 1.807) is 0 Å². The Hall–Kier alpha value is -1.69. The van der Waals surface area contributed by atoms with Gasteiger partial charge in [0.15, 0.2) is 0 Å². The lowest BCUT2D eigenvalue weighted by molar-refractivity contribution is 0.0793. The van der Waals surface area contributed by atoms with Crippen molar-refractivity contribution < 1.29 is 9.53 Å². The van der Waals surface area contributed by atoms with Gasteiger partial charge in [-0.2, -0.15) is 0 Å². The Morgan fingerprint density at radius 2 is 2.26 bits per heavy atom. The van der Waals surface area contributed by atoms with E-state index in [9.17, 15) is 4.79 Å². The van der Waals surface area contributed by atoms with Gasteiger partial charge in [-0.25, -0.2) is 0 Å². The highest BCUT2D eigenvalue weighted by molar-refractivity contribution is 7.12. The Kier molecular flexibility index (Phi) is 5.10. The predicted octanol–water partition coefficient (Wildman–Crippen LogP) is 3.12. The van der Waals surface area contributed by atoms with Gasteiger partial charge in [-0.1, -0.05) is 18.2 Å². The van der Waals surface area contributed by atoms with Gasteiger partial charge in [0.2, 0.25) is 0 Å². The quantitative estimate of drug-likeness (QED) is 0.885. The molecule has 23 heavy (non-hydrogen) atoms. The van der Waals surface area contributed by atoms with Crippen LogP contribution in [0.15, 0.2) is 35.7 Å². The van der Waals surface area contributed by atoms with Gasteiger partial charge in [-0.3, -0.25) is 9.69 Å². The molecule has 0 radical (unpaired) electrons. The van der Waals surface area contributed by atoms with E-state index >= 15 is 0 Å². The summed E-state index contributed by atoms with van der Waals surface area (Å²) in [4.78, 5) is 14.1. The third-order valence-corrected chi connectivity index (χ3v) is 5.04. The second kappa shape index (κ2) is 7.25. The average Bonchev–Trinajstić information content (AvgIpc) is 3.18. The van der Waals surface area contributed by atoms with Crippen molar-refractivity contribution in [3.8, 4) is 11.1 Å². The number of likely N-dealkylation sites (N-methyl/N-ethyl adjacent to an activating group) is 1. The first-order valence-electron chi connectivity index (χ1n) is 7.89. The summed E-state index contributed by atoms with van der Waals surface area (Å²) < 4.78 is 5.70. The third-order valence-electron chi connectivity index (χ3n) is 4.09. The number of primary amides is 1. The number of hydrogen-bond acceptors (Lipinski definition) is 4. The van der Waals surface area contributed by atoms with Crippen molar-refractivity contribution in [1.29, 1.82) is 0 Å². The van der Waals surface area contributed by atoms with Crippen molar-refractivity contribution >= 4 is 17.2 Å². The molecule has 1 aromatic carbocycles. The molecule has 0 bridgehead atoms. The number of thiophene rings is 1. The molecule has 1 saturated heterocycles. The topological polar surface area (TPSA) is 55.6 Å². The minimum atomic E-state index is -0.367. The SMILES string of the molecule is CN(Cc1cccc(-c2csc(C(N)=O)c2)c1)CC1CCCO1. The number of nitrogens with two attached hydrogens (primary N) is 1. The van der Waals surface area contributed by atoms with Gasteiger partial charge >= 0.3 is 0 Å². The van der Waals surface area contributed by atoms with Crippen LogP contribution in [0, 0.1) is 0 Å². The minimum absolute atomic E-state index is 0.367. The number of ether oxygens (including phenoxy) is 1. The van der Waals surface area contributed by atoms with Gasteiger partial charge in [-0.05, 0) is 54.1 Å². The fourth-order valence-corrected chi connectivity index (χ4v) is 3.75. The van der Waals surface area contributed by atoms with E-state index in [1.165, 1.54) is 23.3 Å². The van der Waals surface area contributed by atoms with Crippen LogP contribution in [0.25, 0.3) is 11.1 Å².